The topological polar surface area (TPSA) is 55.8 Å². The van der Waals surface area contributed by atoms with E-state index < -0.39 is 24.3 Å². The lowest BCUT2D eigenvalue weighted by molar-refractivity contribution is -0.142. The second kappa shape index (κ2) is 8.23. The molecule has 0 aliphatic rings. The number of carbonyl (C=O) groups is 1. The molecule has 0 amide bonds. The lowest BCUT2D eigenvalue weighted by Crippen LogP contribution is -2.08. The number of esters is 1. The van der Waals surface area contributed by atoms with E-state index in [-0.39, 0.29) is 18.6 Å². The van der Waals surface area contributed by atoms with Gasteiger partial charge in [-0.25, -0.2) is 0 Å². The number of hydrogen-bond donors (Lipinski definition) is 1. The van der Waals surface area contributed by atoms with Crippen molar-refractivity contribution in [2.24, 2.45) is 0 Å². The SMILES string of the molecule is CCOC(=O)Cc1ccc(OC)c(-c2ccc(C(F)(F)F)cc2CO)c1. The smallest absolute Gasteiger partial charge is 0.416 e. The summed E-state index contributed by atoms with van der Waals surface area (Å²) in [6, 6.07) is 8.11. The zero-order chi connectivity index (χ0) is 19.3. The van der Waals surface area contributed by atoms with Gasteiger partial charge in [0.15, 0.2) is 0 Å². The quantitative estimate of drug-likeness (QED) is 0.784. The highest BCUT2D eigenvalue weighted by molar-refractivity contribution is 5.77. The number of hydrogen-bond acceptors (Lipinski definition) is 4. The van der Waals surface area contributed by atoms with Gasteiger partial charge < -0.3 is 14.6 Å². The maximum Gasteiger partial charge on any atom is 0.416 e. The fourth-order valence-electron chi connectivity index (χ4n) is 2.62. The van der Waals surface area contributed by atoms with Crippen LogP contribution in [0.1, 0.15) is 23.6 Å². The van der Waals surface area contributed by atoms with E-state index in [1.807, 2.05) is 0 Å². The summed E-state index contributed by atoms with van der Waals surface area (Å²) in [4.78, 5) is 11.7. The van der Waals surface area contributed by atoms with Crippen molar-refractivity contribution in [3.8, 4) is 16.9 Å². The maximum atomic E-state index is 12.9. The van der Waals surface area contributed by atoms with Crippen molar-refractivity contribution >= 4 is 5.97 Å². The number of benzene rings is 2. The van der Waals surface area contributed by atoms with Gasteiger partial charge in [-0.3, -0.25) is 4.79 Å². The van der Waals surface area contributed by atoms with E-state index in [4.69, 9.17) is 9.47 Å². The molecule has 2 aromatic carbocycles. The predicted octanol–water partition coefficient (Wildman–Crippen LogP) is 3.98. The molecule has 0 unspecified atom stereocenters. The van der Waals surface area contributed by atoms with Crippen LogP contribution in [-0.4, -0.2) is 24.8 Å². The molecule has 0 saturated heterocycles. The third kappa shape index (κ3) is 4.54. The van der Waals surface area contributed by atoms with Crippen LogP contribution in [0.15, 0.2) is 36.4 Å². The van der Waals surface area contributed by atoms with Crippen LogP contribution in [0, 0.1) is 0 Å². The first-order valence-corrected chi connectivity index (χ1v) is 7.94. The summed E-state index contributed by atoms with van der Waals surface area (Å²) < 4.78 is 48.9. The van der Waals surface area contributed by atoms with Crippen LogP contribution < -0.4 is 4.74 Å². The van der Waals surface area contributed by atoms with Gasteiger partial charge in [-0.05, 0) is 47.9 Å². The number of methoxy groups -OCH3 is 1. The average molecular weight is 368 g/mol. The monoisotopic (exact) mass is 368 g/mol. The van der Waals surface area contributed by atoms with Gasteiger partial charge in [-0.15, -0.1) is 0 Å². The van der Waals surface area contributed by atoms with E-state index in [0.29, 0.717) is 22.4 Å². The fraction of sp³-hybridized carbons (Fsp3) is 0.316. The molecule has 2 rings (SSSR count). The molecule has 0 spiro atoms. The summed E-state index contributed by atoms with van der Waals surface area (Å²) in [6.45, 7) is 1.40. The van der Waals surface area contributed by atoms with Crippen LogP contribution >= 0.6 is 0 Å². The van der Waals surface area contributed by atoms with E-state index >= 15 is 0 Å². The lowest BCUT2D eigenvalue weighted by Gasteiger charge is -2.16. The Labute approximate surface area is 149 Å². The second-order valence-corrected chi connectivity index (χ2v) is 5.54. The third-order valence-electron chi connectivity index (χ3n) is 3.81. The van der Waals surface area contributed by atoms with Gasteiger partial charge >= 0.3 is 12.1 Å². The van der Waals surface area contributed by atoms with E-state index in [2.05, 4.69) is 0 Å². The normalized spacial score (nSPS) is 11.3. The number of alkyl halides is 3. The molecule has 0 heterocycles. The largest absolute Gasteiger partial charge is 0.496 e. The van der Waals surface area contributed by atoms with Crippen molar-refractivity contribution in [2.45, 2.75) is 26.1 Å². The summed E-state index contributed by atoms with van der Waals surface area (Å²) >= 11 is 0. The molecule has 1 N–H and O–H groups in total. The van der Waals surface area contributed by atoms with E-state index in [1.54, 1.807) is 25.1 Å². The van der Waals surface area contributed by atoms with Gasteiger partial charge in [-0.1, -0.05) is 12.1 Å². The van der Waals surface area contributed by atoms with Crippen LogP contribution in [0.5, 0.6) is 5.75 Å². The summed E-state index contributed by atoms with van der Waals surface area (Å²) in [7, 11) is 1.44. The van der Waals surface area contributed by atoms with E-state index in [0.717, 1.165) is 12.1 Å². The Morgan fingerprint density at radius 2 is 1.85 bits per heavy atom. The summed E-state index contributed by atoms with van der Waals surface area (Å²) in [5.41, 5.74) is 0.802. The van der Waals surface area contributed by atoms with Gasteiger partial charge in [0, 0.05) is 5.56 Å². The molecule has 0 aromatic heterocycles. The molecule has 7 heteroatoms. The van der Waals surface area contributed by atoms with Crippen LogP contribution in [0.25, 0.3) is 11.1 Å². The Morgan fingerprint density at radius 1 is 1.12 bits per heavy atom. The Hall–Kier alpha value is -2.54. The van der Waals surface area contributed by atoms with Crippen molar-refractivity contribution in [2.75, 3.05) is 13.7 Å². The number of carbonyl (C=O) groups excluding carboxylic acids is 1. The zero-order valence-electron chi connectivity index (χ0n) is 14.4. The van der Waals surface area contributed by atoms with Crippen LogP contribution in [0.3, 0.4) is 0 Å². The van der Waals surface area contributed by atoms with Crippen LogP contribution in [0.2, 0.25) is 0 Å². The first kappa shape index (κ1) is 19.8. The Balaban J connectivity index is 2.50. The van der Waals surface area contributed by atoms with Crippen molar-refractivity contribution in [1.29, 1.82) is 0 Å². The molecule has 140 valence electrons. The minimum absolute atomic E-state index is 0.0277. The first-order valence-electron chi connectivity index (χ1n) is 7.94. The highest BCUT2D eigenvalue weighted by Crippen LogP contribution is 2.37. The number of halogens is 3. The van der Waals surface area contributed by atoms with Crippen molar-refractivity contribution in [3.05, 3.63) is 53.1 Å². The molecule has 4 nitrogen and oxygen atoms in total. The lowest BCUT2D eigenvalue weighted by atomic mass is 9.95. The maximum absolute atomic E-state index is 12.9. The molecule has 2 aromatic rings. The van der Waals surface area contributed by atoms with E-state index in [9.17, 15) is 23.1 Å². The Kier molecular flexibility index (Phi) is 6.26. The molecule has 0 bridgehead atoms. The minimum Gasteiger partial charge on any atom is -0.496 e. The Morgan fingerprint density at radius 3 is 2.42 bits per heavy atom. The average Bonchev–Trinajstić information content (AvgIpc) is 2.60. The third-order valence-corrected chi connectivity index (χ3v) is 3.81. The molecule has 0 radical (unpaired) electrons. The minimum atomic E-state index is -4.50. The van der Waals surface area contributed by atoms with Crippen molar-refractivity contribution in [1.82, 2.24) is 0 Å². The zero-order valence-corrected chi connectivity index (χ0v) is 14.4. The van der Waals surface area contributed by atoms with Gasteiger partial charge in [-0.2, -0.15) is 13.2 Å². The summed E-state index contributed by atoms with van der Waals surface area (Å²) in [5.74, 6) is 0.0190. The highest BCUT2D eigenvalue weighted by Gasteiger charge is 2.31. The van der Waals surface area contributed by atoms with Gasteiger partial charge in [0.25, 0.3) is 0 Å². The molecular formula is C19H19F3O4. The Bertz CT molecular complexity index is 785. The molecule has 0 aliphatic heterocycles. The second-order valence-electron chi connectivity index (χ2n) is 5.54. The van der Waals surface area contributed by atoms with E-state index in [1.165, 1.54) is 13.2 Å². The number of ether oxygens (including phenoxy) is 2. The van der Waals surface area contributed by atoms with Gasteiger partial charge in [0.05, 0.1) is 32.3 Å². The number of rotatable bonds is 6. The van der Waals surface area contributed by atoms with Gasteiger partial charge in [0.1, 0.15) is 5.75 Å². The number of aliphatic hydroxyl groups is 1. The molecule has 26 heavy (non-hydrogen) atoms. The predicted molar refractivity (Wildman–Crippen MR) is 89.7 cm³/mol. The first-order chi connectivity index (χ1) is 12.3. The molecular weight excluding hydrogens is 349 g/mol. The van der Waals surface area contributed by atoms with Crippen LogP contribution in [-0.2, 0) is 28.7 Å². The summed E-state index contributed by atoms with van der Waals surface area (Å²) in [5, 5.41) is 9.54. The molecule has 0 aliphatic carbocycles. The number of aliphatic hydroxyl groups excluding tert-OH is 1. The molecule has 0 fully saturated rings. The van der Waals surface area contributed by atoms with Crippen molar-refractivity contribution in [3.63, 3.8) is 0 Å². The van der Waals surface area contributed by atoms with Gasteiger partial charge in [0.2, 0.25) is 0 Å². The fourth-order valence-corrected chi connectivity index (χ4v) is 2.62. The summed E-state index contributed by atoms with van der Waals surface area (Å²) in [6.07, 6.45) is -4.47. The molecule has 0 atom stereocenters. The highest BCUT2D eigenvalue weighted by atomic mass is 19.4. The van der Waals surface area contributed by atoms with Crippen molar-refractivity contribution < 1.29 is 32.5 Å². The molecule has 0 saturated carbocycles. The standard InChI is InChI=1S/C19H19F3O4/c1-3-26-18(24)9-12-4-7-17(25-2)16(8-12)15-6-5-14(19(20,21)22)10-13(15)11-23/h4-8,10,23H,3,9,11H2,1-2H3. The van der Waals surface area contributed by atoms with Crippen LogP contribution in [0.4, 0.5) is 13.2 Å².